The van der Waals surface area contributed by atoms with E-state index in [1.165, 1.54) is 19.1 Å². The molecule has 104 valence electrons. The lowest BCUT2D eigenvalue weighted by molar-refractivity contribution is 0.0527. The molecule has 0 aliphatic carbocycles. The van der Waals surface area contributed by atoms with Gasteiger partial charge in [0.1, 0.15) is 11.3 Å². The van der Waals surface area contributed by atoms with Crippen molar-refractivity contribution in [3.8, 4) is 5.75 Å². The molecule has 2 rings (SSSR count). The zero-order valence-electron chi connectivity index (χ0n) is 10.9. The van der Waals surface area contributed by atoms with Crippen LogP contribution >= 0.6 is 0 Å². The van der Waals surface area contributed by atoms with Crippen molar-refractivity contribution in [2.75, 3.05) is 6.61 Å². The van der Waals surface area contributed by atoms with Crippen LogP contribution in [0.4, 0.5) is 0 Å². The van der Waals surface area contributed by atoms with Crippen molar-refractivity contribution in [1.82, 2.24) is 0 Å². The van der Waals surface area contributed by atoms with E-state index in [-0.39, 0.29) is 34.5 Å². The standard InChI is InChI=1S/C14H12O6/c1-3-19-14(18)9-6-11(16)20-10-5-4-8(7(2)15)13(17)12(9)10/h4-6,17H,3H2,1-2H3. The SMILES string of the molecule is CCOC(=O)c1cc(=O)oc2ccc(C(C)=O)c(O)c12. The number of carbonyl (C=O) groups excluding carboxylic acids is 2. The van der Waals surface area contributed by atoms with Crippen LogP contribution in [0.5, 0.6) is 5.75 Å². The summed E-state index contributed by atoms with van der Waals surface area (Å²) in [6, 6.07) is 3.62. The maximum absolute atomic E-state index is 11.8. The van der Waals surface area contributed by atoms with E-state index >= 15 is 0 Å². The minimum Gasteiger partial charge on any atom is -0.506 e. The van der Waals surface area contributed by atoms with Gasteiger partial charge in [0.15, 0.2) is 5.78 Å². The fraction of sp³-hybridized carbons (Fsp3) is 0.214. The number of aromatic hydroxyl groups is 1. The third-order valence-electron chi connectivity index (χ3n) is 2.76. The number of ether oxygens (including phenoxy) is 1. The average molecular weight is 276 g/mol. The smallest absolute Gasteiger partial charge is 0.339 e. The molecule has 0 bridgehead atoms. The molecule has 2 aromatic rings. The van der Waals surface area contributed by atoms with E-state index in [4.69, 9.17) is 9.15 Å². The lowest BCUT2D eigenvalue weighted by atomic mass is 10.0. The van der Waals surface area contributed by atoms with Gasteiger partial charge in [0.2, 0.25) is 0 Å². The van der Waals surface area contributed by atoms with Crippen molar-refractivity contribution < 1.29 is 23.8 Å². The predicted molar refractivity (Wildman–Crippen MR) is 70.1 cm³/mol. The first-order valence-corrected chi connectivity index (χ1v) is 5.93. The highest BCUT2D eigenvalue weighted by atomic mass is 16.5. The Balaban J connectivity index is 2.85. The molecule has 20 heavy (non-hydrogen) atoms. The summed E-state index contributed by atoms with van der Waals surface area (Å²) in [5.41, 5.74) is -0.811. The first kappa shape index (κ1) is 13.8. The second kappa shape index (κ2) is 5.16. The molecule has 0 saturated carbocycles. The van der Waals surface area contributed by atoms with Crippen LogP contribution in [0.2, 0.25) is 0 Å². The van der Waals surface area contributed by atoms with E-state index in [2.05, 4.69) is 0 Å². The van der Waals surface area contributed by atoms with E-state index in [0.717, 1.165) is 6.07 Å². The first-order chi connectivity index (χ1) is 9.45. The topological polar surface area (TPSA) is 93.8 Å². The van der Waals surface area contributed by atoms with Crippen molar-refractivity contribution in [2.24, 2.45) is 0 Å². The minimum absolute atomic E-state index is 0.00394. The highest BCUT2D eigenvalue weighted by Gasteiger charge is 2.20. The molecule has 6 nitrogen and oxygen atoms in total. The van der Waals surface area contributed by atoms with Gasteiger partial charge in [-0.1, -0.05) is 0 Å². The Morgan fingerprint density at radius 2 is 2.00 bits per heavy atom. The average Bonchev–Trinajstić information content (AvgIpc) is 2.37. The second-order valence-electron chi connectivity index (χ2n) is 4.09. The third kappa shape index (κ3) is 2.27. The Morgan fingerprint density at radius 1 is 1.30 bits per heavy atom. The van der Waals surface area contributed by atoms with Gasteiger partial charge in [0.05, 0.1) is 23.1 Å². The van der Waals surface area contributed by atoms with Gasteiger partial charge in [-0.15, -0.1) is 0 Å². The Hall–Kier alpha value is -2.63. The molecule has 0 saturated heterocycles. The Labute approximate surface area is 113 Å². The molecule has 0 atom stereocenters. The molecule has 0 spiro atoms. The minimum atomic E-state index is -0.763. The number of esters is 1. The number of benzene rings is 1. The van der Waals surface area contributed by atoms with E-state index in [9.17, 15) is 19.5 Å². The number of phenolic OH excluding ortho intramolecular Hbond substituents is 1. The highest BCUT2D eigenvalue weighted by molar-refractivity contribution is 6.09. The lowest BCUT2D eigenvalue weighted by Crippen LogP contribution is -2.10. The van der Waals surface area contributed by atoms with Gasteiger partial charge in [-0.3, -0.25) is 4.79 Å². The number of fused-ring (bicyclic) bond motifs is 1. The van der Waals surface area contributed by atoms with Gasteiger partial charge in [-0.25, -0.2) is 9.59 Å². The highest BCUT2D eigenvalue weighted by Crippen LogP contribution is 2.31. The van der Waals surface area contributed by atoms with Crippen LogP contribution in [0.15, 0.2) is 27.4 Å². The number of Topliss-reactive ketones (excluding diaryl/α,β-unsaturated/α-hetero) is 1. The summed E-state index contributed by atoms with van der Waals surface area (Å²) in [6.45, 7) is 3.02. The summed E-state index contributed by atoms with van der Waals surface area (Å²) in [7, 11) is 0. The van der Waals surface area contributed by atoms with Crippen LogP contribution in [-0.2, 0) is 4.74 Å². The number of phenols is 1. The number of hydrogen-bond acceptors (Lipinski definition) is 6. The van der Waals surface area contributed by atoms with E-state index < -0.39 is 17.3 Å². The number of rotatable bonds is 3. The van der Waals surface area contributed by atoms with Crippen LogP contribution in [0.25, 0.3) is 11.0 Å². The summed E-state index contributed by atoms with van der Waals surface area (Å²) in [6.07, 6.45) is 0. The molecule has 0 fully saturated rings. The molecule has 0 aliphatic heterocycles. The molecular formula is C14H12O6. The van der Waals surface area contributed by atoms with Crippen molar-refractivity contribution in [3.63, 3.8) is 0 Å². The van der Waals surface area contributed by atoms with E-state index in [1.54, 1.807) is 6.92 Å². The maximum Gasteiger partial charge on any atom is 0.339 e. The normalized spacial score (nSPS) is 10.5. The van der Waals surface area contributed by atoms with Crippen LogP contribution in [-0.4, -0.2) is 23.5 Å². The predicted octanol–water partition coefficient (Wildman–Crippen LogP) is 1.88. The third-order valence-corrected chi connectivity index (χ3v) is 2.76. The van der Waals surface area contributed by atoms with Gasteiger partial charge in [0.25, 0.3) is 0 Å². The summed E-state index contributed by atoms with van der Waals surface area (Å²) < 4.78 is 9.74. The molecule has 1 heterocycles. The van der Waals surface area contributed by atoms with E-state index in [0.29, 0.717) is 0 Å². The summed E-state index contributed by atoms with van der Waals surface area (Å²) >= 11 is 0. The number of hydrogen-bond donors (Lipinski definition) is 1. The molecule has 6 heteroatoms. The fourth-order valence-corrected chi connectivity index (χ4v) is 1.90. The van der Waals surface area contributed by atoms with Crippen molar-refractivity contribution in [2.45, 2.75) is 13.8 Å². The molecule has 0 aliphatic rings. The molecular weight excluding hydrogens is 264 g/mol. The van der Waals surface area contributed by atoms with Crippen molar-refractivity contribution in [1.29, 1.82) is 0 Å². The molecule has 1 aromatic heterocycles. The number of carbonyl (C=O) groups is 2. The zero-order valence-corrected chi connectivity index (χ0v) is 10.9. The van der Waals surface area contributed by atoms with Crippen LogP contribution in [0, 0.1) is 0 Å². The van der Waals surface area contributed by atoms with E-state index in [1.807, 2.05) is 0 Å². The van der Waals surface area contributed by atoms with Gasteiger partial charge in [-0.2, -0.15) is 0 Å². The lowest BCUT2D eigenvalue weighted by Gasteiger charge is -2.08. The van der Waals surface area contributed by atoms with Gasteiger partial charge < -0.3 is 14.3 Å². The first-order valence-electron chi connectivity index (χ1n) is 5.93. The van der Waals surface area contributed by atoms with Crippen molar-refractivity contribution in [3.05, 3.63) is 39.7 Å². The summed E-state index contributed by atoms with van der Waals surface area (Å²) in [5.74, 6) is -1.53. The molecule has 0 unspecified atom stereocenters. The van der Waals surface area contributed by atoms with Gasteiger partial charge >= 0.3 is 11.6 Å². The second-order valence-corrected chi connectivity index (χ2v) is 4.09. The van der Waals surface area contributed by atoms with Gasteiger partial charge in [-0.05, 0) is 26.0 Å². The number of ketones is 1. The Kier molecular flexibility index (Phi) is 3.56. The monoisotopic (exact) mass is 276 g/mol. The summed E-state index contributed by atoms with van der Waals surface area (Å²) in [5, 5.41) is 10.1. The quantitative estimate of drug-likeness (QED) is 0.522. The Morgan fingerprint density at radius 3 is 2.60 bits per heavy atom. The van der Waals surface area contributed by atoms with Gasteiger partial charge in [0, 0.05) is 6.07 Å². The maximum atomic E-state index is 11.8. The fourth-order valence-electron chi connectivity index (χ4n) is 1.90. The van der Waals surface area contributed by atoms with Crippen LogP contribution in [0.3, 0.4) is 0 Å². The molecule has 0 amide bonds. The van der Waals surface area contributed by atoms with Crippen LogP contribution < -0.4 is 5.63 Å². The Bertz CT molecular complexity index is 756. The summed E-state index contributed by atoms with van der Waals surface area (Å²) in [4.78, 5) is 34.7. The molecule has 1 N–H and O–H groups in total. The van der Waals surface area contributed by atoms with Crippen LogP contribution in [0.1, 0.15) is 34.6 Å². The zero-order chi connectivity index (χ0) is 14.9. The largest absolute Gasteiger partial charge is 0.506 e. The molecule has 1 aromatic carbocycles. The molecule has 0 radical (unpaired) electrons. The van der Waals surface area contributed by atoms with Crippen molar-refractivity contribution >= 4 is 22.7 Å².